The molecule has 0 spiro atoms. The Hall–Kier alpha value is -0.771. The first-order valence-electron chi connectivity index (χ1n) is 6.92. The zero-order chi connectivity index (χ0) is 14.4. The molecule has 1 fully saturated rings. The van der Waals surface area contributed by atoms with Crippen LogP contribution in [-0.4, -0.2) is 47.8 Å². The summed E-state index contributed by atoms with van der Waals surface area (Å²) in [6, 6.07) is 3.92. The molecule has 1 aromatic carbocycles. The molecule has 1 aromatic rings. The van der Waals surface area contributed by atoms with Gasteiger partial charge in [-0.25, -0.2) is 0 Å². The summed E-state index contributed by atoms with van der Waals surface area (Å²) in [6.07, 6.45) is 3.63. The topological polar surface area (TPSA) is 30.5 Å². The molecule has 5 heteroatoms. The van der Waals surface area contributed by atoms with E-state index in [1.54, 1.807) is 14.2 Å². The molecule has 0 bridgehead atoms. The van der Waals surface area contributed by atoms with Crippen LogP contribution in [0, 0.1) is 5.92 Å². The second-order valence-electron chi connectivity index (χ2n) is 4.97. The van der Waals surface area contributed by atoms with Crippen LogP contribution in [0.5, 0.6) is 11.5 Å². The molecule has 20 heavy (non-hydrogen) atoms. The van der Waals surface area contributed by atoms with E-state index in [9.17, 15) is 4.39 Å². The zero-order valence-corrected chi connectivity index (χ0v) is 13.8. The van der Waals surface area contributed by atoms with Gasteiger partial charge in [0.1, 0.15) is 0 Å². The van der Waals surface area contributed by atoms with Crippen LogP contribution in [0.15, 0.2) is 12.1 Å². The first-order chi connectivity index (χ1) is 9.78. The first kappa shape index (κ1) is 15.6. The Morgan fingerprint density at radius 3 is 2.60 bits per heavy atom. The minimum atomic E-state index is -0.325. The van der Waals surface area contributed by atoms with Gasteiger partial charge in [-0.15, -0.1) is 0 Å². The zero-order valence-electron chi connectivity index (χ0n) is 12.1. The Bertz CT molecular complexity index is 438. The maximum absolute atomic E-state index is 12.6. The van der Waals surface area contributed by atoms with Crippen LogP contribution in [-0.2, 0) is 6.42 Å². The number of benzene rings is 1. The molecule has 3 nitrogen and oxygen atoms in total. The summed E-state index contributed by atoms with van der Waals surface area (Å²) >= 11 is -0.207. The van der Waals surface area contributed by atoms with Crippen LogP contribution >= 0.6 is 0 Å². The average molecular weight is 346 g/mol. The molecule has 1 N–H and O–H groups in total. The molecule has 0 atom stereocenters. The van der Waals surface area contributed by atoms with E-state index in [2.05, 4.69) is 5.32 Å². The molecule has 0 unspecified atom stereocenters. The molecule has 0 aliphatic heterocycles. The summed E-state index contributed by atoms with van der Waals surface area (Å²) in [5, 5.41) is 3.47. The molecule has 1 aliphatic carbocycles. The molecule has 0 radical (unpaired) electrons. The minimum absolute atomic E-state index is 0.207. The molecule has 0 saturated heterocycles. The third kappa shape index (κ3) is 4.37. The summed E-state index contributed by atoms with van der Waals surface area (Å²) in [4.78, 5) is 0. The molecule has 0 amide bonds. The van der Waals surface area contributed by atoms with Gasteiger partial charge in [0.2, 0.25) is 0 Å². The SMILES string of the molecule is COc1cc([Se]CF)c(OC)cc1CCNCC1CC1. The fourth-order valence-electron chi connectivity index (χ4n) is 2.15. The maximum atomic E-state index is 12.6. The summed E-state index contributed by atoms with van der Waals surface area (Å²) in [7, 11) is 3.30. The molecule has 112 valence electrons. The first-order valence-corrected chi connectivity index (χ1v) is 8.99. The standard InChI is InChI=1S/C15H22FNO2Se/c1-18-13-8-15(20-10-16)14(19-2)7-12(13)5-6-17-9-11-3-4-11/h7-8,11,17H,3-6,9-10H2,1-2H3. The number of nitrogens with one attached hydrogen (secondary N) is 1. The van der Waals surface area contributed by atoms with E-state index in [1.807, 2.05) is 12.1 Å². The van der Waals surface area contributed by atoms with Gasteiger partial charge in [-0.2, -0.15) is 0 Å². The van der Waals surface area contributed by atoms with Gasteiger partial charge in [0.25, 0.3) is 0 Å². The van der Waals surface area contributed by atoms with Crippen molar-refractivity contribution < 1.29 is 13.9 Å². The van der Waals surface area contributed by atoms with E-state index in [-0.39, 0.29) is 20.5 Å². The Balaban J connectivity index is 2.00. The molecule has 1 saturated carbocycles. The van der Waals surface area contributed by atoms with Gasteiger partial charge in [0.05, 0.1) is 0 Å². The van der Waals surface area contributed by atoms with Gasteiger partial charge in [0, 0.05) is 0 Å². The van der Waals surface area contributed by atoms with Crippen molar-refractivity contribution in [2.45, 2.75) is 19.3 Å². The fourth-order valence-corrected chi connectivity index (χ4v) is 3.39. The van der Waals surface area contributed by atoms with E-state index >= 15 is 0 Å². The number of methoxy groups -OCH3 is 2. The third-order valence-electron chi connectivity index (χ3n) is 3.48. The predicted octanol–water partition coefficient (Wildman–Crippen LogP) is 1.50. The van der Waals surface area contributed by atoms with Crippen LogP contribution in [0.3, 0.4) is 0 Å². The molecule has 2 rings (SSSR count). The average Bonchev–Trinajstić information content (AvgIpc) is 3.28. The quantitative estimate of drug-likeness (QED) is 0.543. The molecule has 0 heterocycles. The summed E-state index contributed by atoms with van der Waals surface area (Å²) in [6.45, 7) is 2.05. The number of rotatable bonds is 9. The van der Waals surface area contributed by atoms with Crippen molar-refractivity contribution in [3.63, 3.8) is 0 Å². The molecular weight excluding hydrogens is 324 g/mol. The van der Waals surface area contributed by atoms with E-state index < -0.39 is 0 Å². The second kappa shape index (κ2) is 7.87. The van der Waals surface area contributed by atoms with Gasteiger partial charge < -0.3 is 0 Å². The van der Waals surface area contributed by atoms with E-state index in [1.165, 1.54) is 12.8 Å². The van der Waals surface area contributed by atoms with Gasteiger partial charge in [0.15, 0.2) is 0 Å². The van der Waals surface area contributed by atoms with Crippen LogP contribution < -0.4 is 19.3 Å². The number of hydrogen-bond acceptors (Lipinski definition) is 3. The Kier molecular flexibility index (Phi) is 6.14. The molecule has 0 aromatic heterocycles. The molecule has 1 aliphatic rings. The summed E-state index contributed by atoms with van der Waals surface area (Å²) in [5.41, 5.74) is 0.792. The van der Waals surface area contributed by atoms with Crippen molar-refractivity contribution >= 4 is 19.4 Å². The second-order valence-corrected chi connectivity index (χ2v) is 6.95. The van der Waals surface area contributed by atoms with Gasteiger partial charge in [-0.3, -0.25) is 0 Å². The van der Waals surface area contributed by atoms with E-state index in [0.29, 0.717) is 0 Å². The Morgan fingerprint density at radius 1 is 1.25 bits per heavy atom. The van der Waals surface area contributed by atoms with Crippen LogP contribution in [0.4, 0.5) is 4.39 Å². The summed E-state index contributed by atoms with van der Waals surface area (Å²) in [5.74, 6) is 2.51. The van der Waals surface area contributed by atoms with Crippen LogP contribution in [0.2, 0.25) is 0 Å². The van der Waals surface area contributed by atoms with E-state index in [4.69, 9.17) is 9.47 Å². The number of ether oxygens (including phenoxy) is 2. The van der Waals surface area contributed by atoms with E-state index in [0.717, 1.165) is 47.0 Å². The third-order valence-corrected chi connectivity index (χ3v) is 5.03. The van der Waals surface area contributed by atoms with Gasteiger partial charge >= 0.3 is 126 Å². The van der Waals surface area contributed by atoms with Gasteiger partial charge in [-0.05, 0) is 0 Å². The van der Waals surface area contributed by atoms with Crippen LogP contribution in [0.1, 0.15) is 18.4 Å². The summed E-state index contributed by atoms with van der Waals surface area (Å²) < 4.78 is 24.3. The van der Waals surface area contributed by atoms with Gasteiger partial charge in [-0.1, -0.05) is 0 Å². The van der Waals surface area contributed by atoms with Crippen molar-refractivity contribution in [1.82, 2.24) is 5.32 Å². The van der Waals surface area contributed by atoms with Crippen molar-refractivity contribution in [1.29, 1.82) is 0 Å². The van der Waals surface area contributed by atoms with Crippen molar-refractivity contribution in [3.05, 3.63) is 17.7 Å². The Labute approximate surface area is 126 Å². The number of hydrogen-bond donors (Lipinski definition) is 1. The predicted molar refractivity (Wildman–Crippen MR) is 80.2 cm³/mol. The van der Waals surface area contributed by atoms with Crippen LogP contribution in [0.25, 0.3) is 0 Å². The van der Waals surface area contributed by atoms with Crippen molar-refractivity contribution in [2.75, 3.05) is 32.9 Å². The monoisotopic (exact) mass is 347 g/mol. The normalized spacial score (nSPS) is 14.3. The molecular formula is C15H22FNO2Se. The Morgan fingerprint density at radius 2 is 2.00 bits per heavy atom. The van der Waals surface area contributed by atoms with Crippen molar-refractivity contribution in [2.24, 2.45) is 5.92 Å². The number of alkyl halides is 1. The number of halogens is 1. The fraction of sp³-hybridized carbons (Fsp3) is 0.600. The van der Waals surface area contributed by atoms with Crippen molar-refractivity contribution in [3.8, 4) is 11.5 Å².